The van der Waals surface area contributed by atoms with Crippen molar-refractivity contribution in [1.29, 1.82) is 0 Å². The number of carbonyl (C=O) groups is 2. The van der Waals surface area contributed by atoms with Crippen LogP contribution in [0, 0.1) is 0 Å². The molecule has 9 heteroatoms. The topological polar surface area (TPSA) is 93.1 Å². The Kier molecular flexibility index (Phi) is 6.17. The van der Waals surface area contributed by atoms with Gasteiger partial charge in [-0.1, -0.05) is 6.92 Å². The maximum atomic E-state index is 12.9. The molecule has 0 aliphatic carbocycles. The van der Waals surface area contributed by atoms with Gasteiger partial charge in [0, 0.05) is 11.6 Å². The van der Waals surface area contributed by atoms with Crippen LogP contribution in [-0.4, -0.2) is 35.4 Å². The summed E-state index contributed by atoms with van der Waals surface area (Å²) in [4.78, 5) is 24.6. The maximum Gasteiger partial charge on any atom is 0.573 e. The molecule has 0 radical (unpaired) electrons. The number of alkyl halides is 3. The Morgan fingerprint density at radius 3 is 2.14 bits per heavy atom. The van der Waals surface area contributed by atoms with Gasteiger partial charge in [0.25, 0.3) is 0 Å². The van der Waals surface area contributed by atoms with Crippen molar-refractivity contribution in [3.63, 3.8) is 0 Å². The van der Waals surface area contributed by atoms with Gasteiger partial charge in [-0.3, -0.25) is 9.59 Å². The van der Waals surface area contributed by atoms with Crippen molar-refractivity contribution in [2.24, 2.45) is 0 Å². The lowest BCUT2D eigenvalue weighted by atomic mass is 9.90. The van der Waals surface area contributed by atoms with Crippen molar-refractivity contribution in [2.75, 3.05) is 7.11 Å². The first kappa shape index (κ1) is 21.1. The van der Waals surface area contributed by atoms with Crippen LogP contribution in [0.2, 0.25) is 0 Å². The van der Waals surface area contributed by atoms with Crippen LogP contribution in [0.3, 0.4) is 0 Å². The molecule has 28 heavy (non-hydrogen) atoms. The van der Waals surface area contributed by atoms with E-state index in [1.54, 1.807) is 6.92 Å². The number of phenolic OH excluding ortho intramolecular Hbond substituents is 2. The second kappa shape index (κ2) is 8.20. The molecule has 0 spiro atoms. The fourth-order valence-electron chi connectivity index (χ4n) is 2.76. The van der Waals surface area contributed by atoms with Crippen molar-refractivity contribution in [2.45, 2.75) is 26.1 Å². The van der Waals surface area contributed by atoms with Gasteiger partial charge >= 0.3 is 12.3 Å². The molecule has 0 aliphatic rings. The van der Waals surface area contributed by atoms with E-state index in [4.69, 9.17) is 0 Å². The maximum absolute atomic E-state index is 12.9. The van der Waals surface area contributed by atoms with Crippen LogP contribution < -0.4 is 4.74 Å². The van der Waals surface area contributed by atoms with E-state index in [1.807, 2.05) is 0 Å². The summed E-state index contributed by atoms with van der Waals surface area (Å²) >= 11 is 0. The molecule has 0 amide bonds. The second-order valence-corrected chi connectivity index (χ2v) is 5.75. The van der Waals surface area contributed by atoms with Gasteiger partial charge in [-0.05, 0) is 41.8 Å². The van der Waals surface area contributed by atoms with E-state index < -0.39 is 29.6 Å². The molecule has 2 aromatic rings. The predicted octanol–water partition coefficient (Wildman–Crippen LogP) is 3.51. The summed E-state index contributed by atoms with van der Waals surface area (Å²) in [5.74, 6) is -2.78. The average Bonchev–Trinajstić information content (AvgIpc) is 2.60. The lowest BCUT2D eigenvalue weighted by Gasteiger charge is -2.16. The van der Waals surface area contributed by atoms with Gasteiger partial charge in [0.2, 0.25) is 0 Å². The molecule has 0 bridgehead atoms. The molecule has 0 heterocycles. The second-order valence-electron chi connectivity index (χ2n) is 5.75. The number of hydrogen-bond acceptors (Lipinski definition) is 6. The zero-order valence-electron chi connectivity index (χ0n) is 15.0. The lowest BCUT2D eigenvalue weighted by Crippen LogP contribution is -2.17. The number of rotatable bonds is 6. The molecule has 0 saturated carbocycles. The number of phenols is 2. The minimum absolute atomic E-state index is 0.0383. The zero-order valence-corrected chi connectivity index (χ0v) is 15.0. The van der Waals surface area contributed by atoms with Gasteiger partial charge in [-0.2, -0.15) is 0 Å². The quantitative estimate of drug-likeness (QED) is 0.572. The molecule has 6 nitrogen and oxygen atoms in total. The molecule has 0 saturated heterocycles. The van der Waals surface area contributed by atoms with E-state index in [1.165, 1.54) is 0 Å². The van der Waals surface area contributed by atoms with Crippen molar-refractivity contribution >= 4 is 11.8 Å². The largest absolute Gasteiger partial charge is 0.573 e. The third-order valence-corrected chi connectivity index (χ3v) is 3.98. The average molecular weight is 398 g/mol. The standard InChI is InChI=1S/C19H17F3O6/c1-3-12-13(8-16(25)27-2)17(15(24)9-14(12)23)18(26)10-4-6-11(7-5-10)28-19(20,21)22/h4-7,9,23-24H,3,8H2,1-2H3. The number of hydrogen-bond donors (Lipinski definition) is 2. The van der Waals surface area contributed by atoms with Crippen molar-refractivity contribution in [3.05, 3.63) is 52.6 Å². The number of esters is 1. The van der Waals surface area contributed by atoms with Gasteiger partial charge < -0.3 is 19.7 Å². The monoisotopic (exact) mass is 398 g/mol. The molecule has 0 aliphatic heterocycles. The van der Waals surface area contributed by atoms with Crippen LogP contribution >= 0.6 is 0 Å². The predicted molar refractivity (Wildman–Crippen MR) is 91.4 cm³/mol. The van der Waals surface area contributed by atoms with Crippen LogP contribution in [0.15, 0.2) is 30.3 Å². The fraction of sp³-hybridized carbons (Fsp3) is 0.263. The Bertz CT molecular complexity index is 888. The number of benzene rings is 2. The molecule has 2 N–H and O–H groups in total. The highest BCUT2D eigenvalue weighted by molar-refractivity contribution is 6.12. The number of carbonyl (C=O) groups excluding carboxylic acids is 2. The molecular weight excluding hydrogens is 381 g/mol. The van der Waals surface area contributed by atoms with Gasteiger partial charge in [0.05, 0.1) is 19.1 Å². The van der Waals surface area contributed by atoms with Crippen LogP contribution in [0.4, 0.5) is 13.2 Å². The highest BCUT2D eigenvalue weighted by Crippen LogP contribution is 2.35. The third-order valence-electron chi connectivity index (χ3n) is 3.98. The minimum atomic E-state index is -4.87. The van der Waals surface area contributed by atoms with Crippen LogP contribution in [0.5, 0.6) is 17.2 Å². The first-order chi connectivity index (χ1) is 13.1. The SMILES string of the molecule is CCc1c(O)cc(O)c(C(=O)c2ccc(OC(F)(F)F)cc2)c1CC(=O)OC. The highest BCUT2D eigenvalue weighted by atomic mass is 19.4. The van der Waals surface area contributed by atoms with E-state index in [-0.39, 0.29) is 40.8 Å². The van der Waals surface area contributed by atoms with Crippen molar-refractivity contribution < 1.29 is 42.4 Å². The molecular formula is C19H17F3O6. The molecule has 2 rings (SSSR count). The lowest BCUT2D eigenvalue weighted by molar-refractivity contribution is -0.274. The van der Waals surface area contributed by atoms with E-state index in [9.17, 15) is 33.0 Å². The van der Waals surface area contributed by atoms with E-state index >= 15 is 0 Å². The zero-order chi connectivity index (χ0) is 21.1. The number of aromatic hydroxyl groups is 2. The Hall–Kier alpha value is -3.23. The van der Waals surface area contributed by atoms with Crippen molar-refractivity contribution in [3.8, 4) is 17.2 Å². The van der Waals surface area contributed by atoms with Gasteiger partial charge in [-0.15, -0.1) is 13.2 Å². The first-order valence-electron chi connectivity index (χ1n) is 8.11. The summed E-state index contributed by atoms with van der Waals surface area (Å²) in [7, 11) is 1.15. The minimum Gasteiger partial charge on any atom is -0.508 e. The highest BCUT2D eigenvalue weighted by Gasteiger charge is 2.31. The summed E-state index contributed by atoms with van der Waals surface area (Å²) in [5.41, 5.74) is 0.101. The summed E-state index contributed by atoms with van der Waals surface area (Å²) < 4.78 is 45.1. The van der Waals surface area contributed by atoms with E-state index in [0.717, 1.165) is 37.4 Å². The Labute approximate surface area is 158 Å². The molecule has 150 valence electrons. The van der Waals surface area contributed by atoms with Crippen molar-refractivity contribution in [1.82, 2.24) is 0 Å². The number of methoxy groups -OCH3 is 1. The number of ketones is 1. The van der Waals surface area contributed by atoms with Gasteiger partial charge in [0.1, 0.15) is 17.2 Å². The number of halogens is 3. The Balaban J connectivity index is 2.51. The van der Waals surface area contributed by atoms with Gasteiger partial charge in [-0.25, -0.2) is 0 Å². The Morgan fingerprint density at radius 1 is 1.04 bits per heavy atom. The molecule has 0 atom stereocenters. The summed E-state index contributed by atoms with van der Waals surface area (Å²) in [6.07, 6.45) is -4.99. The van der Waals surface area contributed by atoms with E-state index in [0.29, 0.717) is 0 Å². The molecule has 2 aromatic carbocycles. The smallest absolute Gasteiger partial charge is 0.508 e. The summed E-state index contributed by atoms with van der Waals surface area (Å²) in [5, 5.41) is 20.2. The van der Waals surface area contributed by atoms with E-state index in [2.05, 4.69) is 9.47 Å². The molecule has 0 unspecified atom stereocenters. The van der Waals surface area contributed by atoms with Crippen LogP contribution in [-0.2, 0) is 22.4 Å². The van der Waals surface area contributed by atoms with Crippen LogP contribution in [0.25, 0.3) is 0 Å². The number of ether oxygens (including phenoxy) is 2. The molecule has 0 aromatic heterocycles. The Morgan fingerprint density at radius 2 is 1.64 bits per heavy atom. The third kappa shape index (κ3) is 4.73. The fourth-order valence-corrected chi connectivity index (χ4v) is 2.76. The molecule has 0 fully saturated rings. The summed E-state index contributed by atoms with van der Waals surface area (Å²) in [6.45, 7) is 1.68. The van der Waals surface area contributed by atoms with Gasteiger partial charge in [0.15, 0.2) is 5.78 Å². The summed E-state index contributed by atoms with van der Waals surface area (Å²) in [6, 6.07) is 5.10. The first-order valence-corrected chi connectivity index (χ1v) is 8.11. The van der Waals surface area contributed by atoms with Crippen LogP contribution in [0.1, 0.15) is 34.0 Å². The normalized spacial score (nSPS) is 11.2.